The highest BCUT2D eigenvalue weighted by atomic mass is 16.1. The lowest BCUT2D eigenvalue weighted by Crippen LogP contribution is -2.11. The van der Waals surface area contributed by atoms with Crippen molar-refractivity contribution in [2.75, 3.05) is 0 Å². The molecule has 84 valence electrons. The molecule has 2 aromatic heterocycles. The van der Waals surface area contributed by atoms with Gasteiger partial charge in [0.25, 0.3) is 5.56 Å². The molecule has 1 aromatic carbocycles. The van der Waals surface area contributed by atoms with Crippen LogP contribution in [0.25, 0.3) is 21.8 Å². The molecule has 4 nitrogen and oxygen atoms in total. The highest BCUT2D eigenvalue weighted by Crippen LogP contribution is 2.19. The molecule has 0 spiro atoms. The number of aromatic nitrogens is 3. The van der Waals surface area contributed by atoms with Crippen LogP contribution in [0, 0.1) is 0 Å². The summed E-state index contributed by atoms with van der Waals surface area (Å²) in [6.07, 6.45) is 2.44. The fraction of sp³-hybridized carbons (Fsp3) is 0.154. The summed E-state index contributed by atoms with van der Waals surface area (Å²) in [6.45, 7) is 1.96. The first-order valence-corrected chi connectivity index (χ1v) is 5.56. The van der Waals surface area contributed by atoms with Gasteiger partial charge >= 0.3 is 0 Å². The Morgan fingerprint density at radius 3 is 2.88 bits per heavy atom. The average molecular weight is 225 g/mol. The summed E-state index contributed by atoms with van der Waals surface area (Å²) >= 11 is 0. The first kappa shape index (κ1) is 9.96. The van der Waals surface area contributed by atoms with E-state index in [9.17, 15) is 4.79 Å². The van der Waals surface area contributed by atoms with Crippen LogP contribution in [-0.2, 0) is 6.42 Å². The van der Waals surface area contributed by atoms with Crippen molar-refractivity contribution in [1.29, 1.82) is 0 Å². The number of nitrogens with one attached hydrogen (secondary N) is 1. The van der Waals surface area contributed by atoms with Crippen molar-refractivity contribution in [3.05, 3.63) is 46.6 Å². The van der Waals surface area contributed by atoms with E-state index in [1.165, 1.54) is 0 Å². The van der Waals surface area contributed by atoms with E-state index in [2.05, 4.69) is 15.0 Å². The number of benzene rings is 1. The van der Waals surface area contributed by atoms with Crippen molar-refractivity contribution < 1.29 is 0 Å². The third-order valence-electron chi connectivity index (χ3n) is 2.84. The van der Waals surface area contributed by atoms with Crippen LogP contribution in [0.2, 0.25) is 0 Å². The number of nitrogens with zero attached hydrogens (tertiary/aromatic N) is 2. The third kappa shape index (κ3) is 1.49. The molecule has 2 heterocycles. The van der Waals surface area contributed by atoms with Gasteiger partial charge in [-0.25, -0.2) is 4.98 Å². The molecule has 3 aromatic rings. The van der Waals surface area contributed by atoms with Crippen molar-refractivity contribution in [1.82, 2.24) is 15.0 Å². The second kappa shape index (κ2) is 3.66. The van der Waals surface area contributed by atoms with E-state index in [-0.39, 0.29) is 5.56 Å². The predicted molar refractivity (Wildman–Crippen MR) is 67.0 cm³/mol. The van der Waals surface area contributed by atoms with Crippen LogP contribution in [0.5, 0.6) is 0 Å². The Morgan fingerprint density at radius 1 is 1.24 bits per heavy atom. The number of H-pyrrole nitrogens is 1. The molecule has 0 saturated heterocycles. The molecule has 0 atom stereocenters. The topological polar surface area (TPSA) is 58.6 Å². The van der Waals surface area contributed by atoms with Crippen LogP contribution in [0.3, 0.4) is 0 Å². The standard InChI is InChI=1S/C13H11N3O/c1-2-11-15-10-6-5-9-8(4-3-7-14-9)12(10)13(17)16-11/h3-7H,2H2,1H3,(H,15,16,17). The maximum atomic E-state index is 12.0. The molecular formula is C13H11N3O. The Balaban J connectivity index is 2.55. The number of hydrogen-bond donors (Lipinski definition) is 1. The van der Waals surface area contributed by atoms with Gasteiger partial charge in [0.2, 0.25) is 0 Å². The lowest BCUT2D eigenvalue weighted by molar-refractivity contribution is 0.945. The Morgan fingerprint density at radius 2 is 2.06 bits per heavy atom. The second-order valence-corrected chi connectivity index (χ2v) is 3.90. The highest BCUT2D eigenvalue weighted by molar-refractivity contribution is 6.03. The SMILES string of the molecule is CCc1nc2ccc3ncccc3c2c(=O)[nH]1. The van der Waals surface area contributed by atoms with Crippen molar-refractivity contribution in [2.45, 2.75) is 13.3 Å². The van der Waals surface area contributed by atoms with Gasteiger partial charge in [0.15, 0.2) is 0 Å². The molecule has 3 rings (SSSR count). The summed E-state index contributed by atoms with van der Waals surface area (Å²) in [5.41, 5.74) is 1.45. The van der Waals surface area contributed by atoms with Crippen LogP contribution >= 0.6 is 0 Å². The van der Waals surface area contributed by atoms with Crippen molar-refractivity contribution >= 4 is 21.8 Å². The molecule has 0 aliphatic heterocycles. The number of pyridine rings is 1. The van der Waals surface area contributed by atoms with Crippen molar-refractivity contribution in [3.8, 4) is 0 Å². The maximum absolute atomic E-state index is 12.0. The van der Waals surface area contributed by atoms with E-state index < -0.39 is 0 Å². The van der Waals surface area contributed by atoms with Crippen molar-refractivity contribution in [3.63, 3.8) is 0 Å². The zero-order chi connectivity index (χ0) is 11.8. The van der Waals surface area contributed by atoms with E-state index >= 15 is 0 Å². The van der Waals surface area contributed by atoms with Crippen LogP contribution in [0.4, 0.5) is 0 Å². The lowest BCUT2D eigenvalue weighted by atomic mass is 10.1. The van der Waals surface area contributed by atoms with Gasteiger partial charge in [0.05, 0.1) is 16.4 Å². The van der Waals surface area contributed by atoms with E-state index in [0.29, 0.717) is 11.2 Å². The van der Waals surface area contributed by atoms with Crippen molar-refractivity contribution in [2.24, 2.45) is 0 Å². The number of aromatic amines is 1. The largest absolute Gasteiger partial charge is 0.310 e. The number of aryl methyl sites for hydroxylation is 1. The quantitative estimate of drug-likeness (QED) is 0.645. The molecule has 0 radical (unpaired) electrons. The fourth-order valence-electron chi connectivity index (χ4n) is 2.01. The number of hydrogen-bond acceptors (Lipinski definition) is 3. The molecule has 0 bridgehead atoms. The van der Waals surface area contributed by atoms with Gasteiger partial charge in [-0.05, 0) is 18.2 Å². The van der Waals surface area contributed by atoms with Gasteiger partial charge in [-0.1, -0.05) is 13.0 Å². The molecule has 4 heteroatoms. The van der Waals surface area contributed by atoms with E-state index in [0.717, 1.165) is 22.8 Å². The van der Waals surface area contributed by atoms with Gasteiger partial charge in [-0.15, -0.1) is 0 Å². The second-order valence-electron chi connectivity index (χ2n) is 3.90. The zero-order valence-corrected chi connectivity index (χ0v) is 9.40. The minimum atomic E-state index is -0.0922. The summed E-state index contributed by atoms with van der Waals surface area (Å²) in [7, 11) is 0. The Kier molecular flexibility index (Phi) is 2.14. The first-order valence-electron chi connectivity index (χ1n) is 5.56. The molecule has 0 unspecified atom stereocenters. The minimum absolute atomic E-state index is 0.0922. The summed E-state index contributed by atoms with van der Waals surface area (Å²) in [5.74, 6) is 0.714. The summed E-state index contributed by atoms with van der Waals surface area (Å²) in [4.78, 5) is 23.5. The highest BCUT2D eigenvalue weighted by Gasteiger charge is 2.07. The summed E-state index contributed by atoms with van der Waals surface area (Å²) in [6, 6.07) is 7.46. The van der Waals surface area contributed by atoms with Crippen LogP contribution in [0.15, 0.2) is 35.3 Å². The predicted octanol–water partition coefficient (Wildman–Crippen LogP) is 2.03. The molecule has 0 fully saturated rings. The van der Waals surface area contributed by atoms with Gasteiger partial charge in [-0.2, -0.15) is 0 Å². The van der Waals surface area contributed by atoms with E-state index in [4.69, 9.17) is 0 Å². The Hall–Kier alpha value is -2.23. The molecule has 1 N–H and O–H groups in total. The number of fused-ring (bicyclic) bond motifs is 3. The van der Waals surface area contributed by atoms with Crippen LogP contribution in [-0.4, -0.2) is 15.0 Å². The molecule has 0 aliphatic carbocycles. The zero-order valence-electron chi connectivity index (χ0n) is 9.40. The molecule has 0 aliphatic rings. The Bertz CT molecular complexity index is 761. The summed E-state index contributed by atoms with van der Waals surface area (Å²) in [5, 5.41) is 1.47. The molecule has 0 amide bonds. The van der Waals surface area contributed by atoms with E-state index in [1.807, 2.05) is 31.2 Å². The third-order valence-corrected chi connectivity index (χ3v) is 2.84. The average Bonchev–Trinajstić information content (AvgIpc) is 2.37. The molecule has 17 heavy (non-hydrogen) atoms. The molecular weight excluding hydrogens is 214 g/mol. The minimum Gasteiger partial charge on any atom is -0.310 e. The fourth-order valence-corrected chi connectivity index (χ4v) is 2.01. The summed E-state index contributed by atoms with van der Waals surface area (Å²) < 4.78 is 0. The Labute approximate surface area is 97.3 Å². The van der Waals surface area contributed by atoms with Gasteiger partial charge < -0.3 is 4.98 Å². The van der Waals surface area contributed by atoms with Gasteiger partial charge in [0.1, 0.15) is 5.82 Å². The van der Waals surface area contributed by atoms with E-state index in [1.54, 1.807) is 6.20 Å². The van der Waals surface area contributed by atoms with Crippen LogP contribution < -0.4 is 5.56 Å². The smallest absolute Gasteiger partial charge is 0.259 e. The van der Waals surface area contributed by atoms with Crippen LogP contribution in [0.1, 0.15) is 12.7 Å². The van der Waals surface area contributed by atoms with Gasteiger partial charge in [-0.3, -0.25) is 9.78 Å². The normalized spacial score (nSPS) is 11.1. The number of rotatable bonds is 1. The molecule has 0 saturated carbocycles. The maximum Gasteiger partial charge on any atom is 0.259 e. The lowest BCUT2D eigenvalue weighted by Gasteiger charge is -2.03. The first-order chi connectivity index (χ1) is 8.29. The van der Waals surface area contributed by atoms with Gasteiger partial charge in [0, 0.05) is 18.0 Å². The monoisotopic (exact) mass is 225 g/mol.